The second-order valence-electron chi connectivity index (χ2n) is 7.49. The summed E-state index contributed by atoms with van der Waals surface area (Å²) in [7, 11) is 0. The summed E-state index contributed by atoms with van der Waals surface area (Å²) in [5, 5.41) is 2.96. The van der Waals surface area contributed by atoms with Crippen molar-refractivity contribution < 1.29 is 9.53 Å². The maximum absolute atomic E-state index is 12.9. The van der Waals surface area contributed by atoms with Gasteiger partial charge in [-0.1, -0.05) is 37.3 Å². The molecule has 0 aliphatic carbocycles. The summed E-state index contributed by atoms with van der Waals surface area (Å²) in [4.78, 5) is 19.5. The first kappa shape index (κ1) is 19.0. The van der Waals surface area contributed by atoms with Crippen LogP contribution < -0.4 is 15.0 Å². The third-order valence-corrected chi connectivity index (χ3v) is 5.11. The molecule has 1 aliphatic rings. The van der Waals surface area contributed by atoms with Crippen molar-refractivity contribution in [2.24, 2.45) is 5.92 Å². The van der Waals surface area contributed by atoms with Crippen molar-refractivity contribution in [1.82, 2.24) is 4.98 Å². The average Bonchev–Trinajstić information content (AvgIpc) is 2.76. The highest BCUT2D eigenvalue weighted by atomic mass is 16.5. The molecule has 148 valence electrons. The zero-order valence-corrected chi connectivity index (χ0v) is 16.5. The van der Waals surface area contributed by atoms with Gasteiger partial charge in [0.2, 0.25) is 0 Å². The Kier molecular flexibility index (Phi) is 5.75. The summed E-state index contributed by atoms with van der Waals surface area (Å²) >= 11 is 0. The van der Waals surface area contributed by atoms with Crippen molar-refractivity contribution in [2.75, 3.05) is 23.3 Å². The maximum Gasteiger partial charge on any atom is 0.257 e. The van der Waals surface area contributed by atoms with Gasteiger partial charge in [0.15, 0.2) is 5.75 Å². The van der Waals surface area contributed by atoms with Crippen molar-refractivity contribution >= 4 is 17.3 Å². The minimum atomic E-state index is -0.200. The number of hydrogen-bond donors (Lipinski definition) is 1. The number of nitrogens with one attached hydrogen (secondary N) is 1. The normalized spacial score (nSPS) is 16.3. The number of amides is 1. The van der Waals surface area contributed by atoms with Crippen LogP contribution in [0.3, 0.4) is 0 Å². The van der Waals surface area contributed by atoms with Gasteiger partial charge >= 0.3 is 0 Å². The molecule has 1 atom stereocenters. The molecule has 1 saturated heterocycles. The van der Waals surface area contributed by atoms with Gasteiger partial charge in [-0.05, 0) is 49.1 Å². The lowest BCUT2D eigenvalue weighted by Crippen LogP contribution is -2.34. The maximum atomic E-state index is 12.9. The lowest BCUT2D eigenvalue weighted by Gasteiger charge is -2.32. The Morgan fingerprint density at radius 2 is 1.90 bits per heavy atom. The van der Waals surface area contributed by atoms with Crippen molar-refractivity contribution in [2.45, 2.75) is 19.8 Å². The minimum absolute atomic E-state index is 0.200. The first-order valence-electron chi connectivity index (χ1n) is 10.0. The molecular weight excluding hydrogens is 362 g/mol. The van der Waals surface area contributed by atoms with Crippen LogP contribution >= 0.6 is 0 Å². The lowest BCUT2D eigenvalue weighted by molar-refractivity contribution is 0.102. The topological polar surface area (TPSA) is 54.5 Å². The van der Waals surface area contributed by atoms with Crippen LogP contribution in [0.1, 0.15) is 30.1 Å². The highest BCUT2D eigenvalue weighted by molar-refractivity contribution is 6.05. The number of anilines is 2. The van der Waals surface area contributed by atoms with E-state index >= 15 is 0 Å². The Morgan fingerprint density at radius 3 is 2.72 bits per heavy atom. The molecule has 5 heteroatoms. The van der Waals surface area contributed by atoms with Gasteiger partial charge in [-0.25, -0.2) is 0 Å². The third kappa shape index (κ3) is 4.74. The van der Waals surface area contributed by atoms with Crippen LogP contribution in [-0.4, -0.2) is 24.0 Å². The average molecular weight is 387 g/mol. The highest BCUT2D eigenvalue weighted by Crippen LogP contribution is 2.30. The molecule has 2 aromatic carbocycles. The van der Waals surface area contributed by atoms with E-state index in [2.05, 4.69) is 22.1 Å². The molecule has 1 N–H and O–H groups in total. The minimum Gasteiger partial charge on any atom is -0.455 e. The Balaban J connectivity index is 1.51. The van der Waals surface area contributed by atoms with E-state index in [1.807, 2.05) is 66.9 Å². The number of carbonyl (C=O) groups is 1. The van der Waals surface area contributed by atoms with Crippen LogP contribution in [0.4, 0.5) is 11.4 Å². The van der Waals surface area contributed by atoms with Crippen LogP contribution in [0.5, 0.6) is 11.5 Å². The van der Waals surface area contributed by atoms with Gasteiger partial charge in [-0.3, -0.25) is 9.78 Å². The summed E-state index contributed by atoms with van der Waals surface area (Å²) < 4.78 is 5.94. The number of rotatable bonds is 5. The molecule has 1 amide bonds. The third-order valence-electron chi connectivity index (χ3n) is 5.11. The second-order valence-corrected chi connectivity index (χ2v) is 7.49. The molecule has 1 fully saturated rings. The summed E-state index contributed by atoms with van der Waals surface area (Å²) in [6, 6.07) is 18.9. The van der Waals surface area contributed by atoms with Crippen molar-refractivity contribution in [3.63, 3.8) is 0 Å². The second kappa shape index (κ2) is 8.78. The van der Waals surface area contributed by atoms with Gasteiger partial charge in [0.25, 0.3) is 5.91 Å². The van der Waals surface area contributed by atoms with E-state index in [1.54, 1.807) is 6.20 Å². The molecule has 1 aliphatic heterocycles. The SMILES string of the molecule is CC1CCCN(c2cncc(C(=O)Nc3ccccc3Oc3ccccc3)c2)C1. The van der Waals surface area contributed by atoms with E-state index in [0.29, 0.717) is 22.9 Å². The predicted molar refractivity (Wildman–Crippen MR) is 116 cm³/mol. The number of pyridine rings is 1. The molecule has 29 heavy (non-hydrogen) atoms. The van der Waals surface area contributed by atoms with Crippen LogP contribution in [0.15, 0.2) is 73.1 Å². The zero-order chi connectivity index (χ0) is 20.1. The first-order valence-corrected chi connectivity index (χ1v) is 10.0. The molecule has 4 rings (SSSR count). The van der Waals surface area contributed by atoms with Gasteiger partial charge in [-0.2, -0.15) is 0 Å². The lowest BCUT2D eigenvalue weighted by atomic mass is 10.00. The van der Waals surface area contributed by atoms with E-state index in [0.717, 1.165) is 24.5 Å². The highest BCUT2D eigenvalue weighted by Gasteiger charge is 2.18. The summed E-state index contributed by atoms with van der Waals surface area (Å²) in [6.07, 6.45) is 5.86. The number of nitrogens with zero attached hydrogens (tertiary/aromatic N) is 2. The first-order chi connectivity index (χ1) is 14.2. The van der Waals surface area contributed by atoms with E-state index in [4.69, 9.17) is 4.74 Å². The molecule has 1 aromatic heterocycles. The number of piperidine rings is 1. The van der Waals surface area contributed by atoms with Crippen molar-refractivity contribution in [3.8, 4) is 11.5 Å². The number of aromatic nitrogens is 1. The Bertz CT molecular complexity index is 975. The monoisotopic (exact) mass is 387 g/mol. The smallest absolute Gasteiger partial charge is 0.257 e. The number of carbonyl (C=O) groups excluding carboxylic acids is 1. The largest absolute Gasteiger partial charge is 0.455 e. The standard InChI is InChI=1S/C24H25N3O2/c1-18-8-7-13-27(17-18)20-14-19(15-25-16-20)24(28)26-22-11-5-6-12-23(22)29-21-9-3-2-4-10-21/h2-6,9-12,14-16,18H,7-8,13,17H2,1H3,(H,26,28). The van der Waals surface area contributed by atoms with Crippen LogP contribution in [0, 0.1) is 5.92 Å². The summed E-state index contributed by atoms with van der Waals surface area (Å²) in [5.74, 6) is 1.77. The van der Waals surface area contributed by atoms with Gasteiger partial charge in [0.05, 0.1) is 23.1 Å². The van der Waals surface area contributed by atoms with Gasteiger partial charge in [0.1, 0.15) is 5.75 Å². The Labute approximate surface area is 171 Å². The number of ether oxygens (including phenoxy) is 1. The van der Waals surface area contributed by atoms with E-state index < -0.39 is 0 Å². The number of para-hydroxylation sites is 3. The van der Waals surface area contributed by atoms with E-state index in [-0.39, 0.29) is 5.91 Å². The molecule has 0 radical (unpaired) electrons. The molecule has 5 nitrogen and oxygen atoms in total. The van der Waals surface area contributed by atoms with Crippen LogP contribution in [0.2, 0.25) is 0 Å². The quantitative estimate of drug-likeness (QED) is 0.640. The molecule has 3 aromatic rings. The molecular formula is C24H25N3O2. The van der Waals surface area contributed by atoms with Crippen molar-refractivity contribution in [3.05, 3.63) is 78.6 Å². The molecule has 0 bridgehead atoms. The van der Waals surface area contributed by atoms with E-state index in [1.165, 1.54) is 12.8 Å². The fourth-order valence-electron chi connectivity index (χ4n) is 3.62. The van der Waals surface area contributed by atoms with Crippen molar-refractivity contribution in [1.29, 1.82) is 0 Å². The molecule has 0 saturated carbocycles. The molecule has 0 spiro atoms. The summed E-state index contributed by atoms with van der Waals surface area (Å²) in [5.41, 5.74) is 2.16. The Morgan fingerprint density at radius 1 is 1.10 bits per heavy atom. The fourth-order valence-corrected chi connectivity index (χ4v) is 3.62. The molecule has 1 unspecified atom stereocenters. The predicted octanol–water partition coefficient (Wildman–Crippen LogP) is 5.36. The van der Waals surface area contributed by atoms with E-state index in [9.17, 15) is 4.79 Å². The van der Waals surface area contributed by atoms with Crippen LogP contribution in [-0.2, 0) is 0 Å². The zero-order valence-electron chi connectivity index (χ0n) is 16.5. The van der Waals surface area contributed by atoms with Gasteiger partial charge in [0, 0.05) is 19.3 Å². The van der Waals surface area contributed by atoms with Gasteiger partial charge in [-0.15, -0.1) is 0 Å². The number of hydrogen-bond acceptors (Lipinski definition) is 4. The number of benzene rings is 2. The summed E-state index contributed by atoms with van der Waals surface area (Å²) in [6.45, 7) is 4.27. The molecule has 2 heterocycles. The fraction of sp³-hybridized carbons (Fsp3) is 0.250. The van der Waals surface area contributed by atoms with Gasteiger partial charge < -0.3 is 15.0 Å². The van der Waals surface area contributed by atoms with Crippen LogP contribution in [0.25, 0.3) is 0 Å². The Hall–Kier alpha value is -3.34.